The second-order valence-electron chi connectivity index (χ2n) is 5.92. The summed E-state index contributed by atoms with van der Waals surface area (Å²) >= 11 is 1.69. The Morgan fingerprint density at radius 1 is 1.13 bits per heavy atom. The van der Waals surface area contributed by atoms with E-state index in [2.05, 4.69) is 15.1 Å². The van der Waals surface area contributed by atoms with Gasteiger partial charge in [0, 0.05) is 0 Å². The van der Waals surface area contributed by atoms with E-state index in [4.69, 9.17) is 9.47 Å². The second kappa shape index (κ2) is 7.75. The fraction of sp³-hybridized carbons (Fsp3) is 0.529. The van der Waals surface area contributed by atoms with Gasteiger partial charge in [-0.1, -0.05) is 0 Å². The normalized spacial score (nSPS) is 16.4. The van der Waals surface area contributed by atoms with Crippen molar-refractivity contribution >= 4 is 11.3 Å². The third-order valence-corrected chi connectivity index (χ3v) is 5.00. The lowest BCUT2D eigenvalue weighted by Crippen LogP contribution is -2.35. The van der Waals surface area contributed by atoms with Crippen molar-refractivity contribution in [2.24, 2.45) is 5.92 Å². The van der Waals surface area contributed by atoms with Crippen molar-refractivity contribution in [3.8, 4) is 11.5 Å². The molecule has 2 aromatic rings. The highest BCUT2D eigenvalue weighted by molar-refractivity contribution is 7.11. The van der Waals surface area contributed by atoms with Gasteiger partial charge in [0.2, 0.25) is 0 Å². The van der Waals surface area contributed by atoms with Crippen molar-refractivity contribution in [1.29, 1.82) is 0 Å². The smallest absolute Gasteiger partial charge is 0.131 e. The standard InChI is InChI=1S/C17H23N3O2S/c1-13-18-19-17(23-13)11-20-9-7-14(8-10-20)12-22-16-5-3-15(21-2)4-6-16/h3-6,14H,7-12H2,1-2H3. The van der Waals surface area contributed by atoms with E-state index >= 15 is 0 Å². The fourth-order valence-electron chi connectivity index (χ4n) is 2.79. The minimum atomic E-state index is 0.629. The van der Waals surface area contributed by atoms with Crippen LogP contribution in [-0.2, 0) is 6.54 Å². The first-order valence-corrected chi connectivity index (χ1v) is 8.83. The van der Waals surface area contributed by atoms with Gasteiger partial charge in [-0.3, -0.25) is 4.90 Å². The predicted octanol–water partition coefficient (Wildman–Crippen LogP) is 3.15. The maximum absolute atomic E-state index is 5.91. The van der Waals surface area contributed by atoms with Crippen LogP contribution in [0.5, 0.6) is 11.5 Å². The van der Waals surface area contributed by atoms with Gasteiger partial charge in [0.25, 0.3) is 0 Å². The molecule has 0 bridgehead atoms. The number of aromatic nitrogens is 2. The average Bonchev–Trinajstić information content (AvgIpc) is 2.99. The molecule has 5 nitrogen and oxygen atoms in total. The van der Waals surface area contributed by atoms with Crippen LogP contribution in [-0.4, -0.2) is 41.9 Å². The van der Waals surface area contributed by atoms with Gasteiger partial charge in [0.1, 0.15) is 21.5 Å². The number of rotatable bonds is 6. The maximum Gasteiger partial charge on any atom is 0.131 e. The van der Waals surface area contributed by atoms with Crippen molar-refractivity contribution in [3.63, 3.8) is 0 Å². The van der Waals surface area contributed by atoms with Crippen LogP contribution in [0, 0.1) is 12.8 Å². The van der Waals surface area contributed by atoms with Gasteiger partial charge in [-0.2, -0.15) is 0 Å². The Labute approximate surface area is 141 Å². The van der Waals surface area contributed by atoms with E-state index in [0.29, 0.717) is 5.92 Å². The summed E-state index contributed by atoms with van der Waals surface area (Å²) in [5.41, 5.74) is 0. The number of ether oxygens (including phenoxy) is 2. The molecule has 1 aromatic heterocycles. The zero-order valence-electron chi connectivity index (χ0n) is 13.7. The Kier molecular flexibility index (Phi) is 5.46. The van der Waals surface area contributed by atoms with Crippen LogP contribution in [0.1, 0.15) is 22.9 Å². The average molecular weight is 333 g/mol. The van der Waals surface area contributed by atoms with Gasteiger partial charge >= 0.3 is 0 Å². The fourth-order valence-corrected chi connectivity index (χ4v) is 3.54. The summed E-state index contributed by atoms with van der Waals surface area (Å²) in [6.07, 6.45) is 2.35. The van der Waals surface area contributed by atoms with Gasteiger partial charge in [0.05, 0.1) is 20.3 Å². The molecule has 0 saturated carbocycles. The molecule has 2 heterocycles. The third kappa shape index (κ3) is 4.65. The molecule has 0 radical (unpaired) electrons. The van der Waals surface area contributed by atoms with E-state index in [1.54, 1.807) is 18.4 Å². The summed E-state index contributed by atoms with van der Waals surface area (Å²) in [7, 11) is 1.67. The zero-order chi connectivity index (χ0) is 16.1. The van der Waals surface area contributed by atoms with Crippen LogP contribution < -0.4 is 9.47 Å². The molecule has 1 saturated heterocycles. The van der Waals surface area contributed by atoms with E-state index in [0.717, 1.165) is 47.8 Å². The summed E-state index contributed by atoms with van der Waals surface area (Å²) in [4.78, 5) is 2.46. The van der Waals surface area contributed by atoms with Crippen LogP contribution in [0.2, 0.25) is 0 Å². The molecule has 6 heteroatoms. The molecule has 124 valence electrons. The number of methoxy groups -OCH3 is 1. The highest BCUT2D eigenvalue weighted by Crippen LogP contribution is 2.22. The topological polar surface area (TPSA) is 47.5 Å². The van der Waals surface area contributed by atoms with E-state index in [9.17, 15) is 0 Å². The number of aryl methyl sites for hydroxylation is 1. The summed E-state index contributed by atoms with van der Waals surface area (Å²) in [5, 5.41) is 10.5. The summed E-state index contributed by atoms with van der Waals surface area (Å²) in [6, 6.07) is 7.79. The van der Waals surface area contributed by atoms with Crippen LogP contribution in [0.4, 0.5) is 0 Å². The Balaban J connectivity index is 1.40. The molecule has 0 aliphatic carbocycles. The van der Waals surface area contributed by atoms with Gasteiger partial charge < -0.3 is 9.47 Å². The van der Waals surface area contributed by atoms with Crippen molar-refractivity contribution in [2.45, 2.75) is 26.3 Å². The molecule has 3 rings (SSSR count). The van der Waals surface area contributed by atoms with E-state index in [1.807, 2.05) is 31.2 Å². The molecule has 0 spiro atoms. The SMILES string of the molecule is COc1ccc(OCC2CCN(Cc3nnc(C)s3)CC2)cc1. The second-order valence-corrected chi connectivity index (χ2v) is 7.19. The largest absolute Gasteiger partial charge is 0.497 e. The zero-order valence-corrected chi connectivity index (χ0v) is 14.5. The molecule has 0 amide bonds. The van der Waals surface area contributed by atoms with Gasteiger partial charge in [0.15, 0.2) is 0 Å². The number of hydrogen-bond acceptors (Lipinski definition) is 6. The highest BCUT2D eigenvalue weighted by Gasteiger charge is 2.20. The van der Waals surface area contributed by atoms with Gasteiger partial charge in [-0.15, -0.1) is 21.5 Å². The maximum atomic E-state index is 5.91. The number of piperidine rings is 1. The highest BCUT2D eigenvalue weighted by atomic mass is 32.1. The lowest BCUT2D eigenvalue weighted by atomic mass is 9.98. The number of likely N-dealkylation sites (tertiary alicyclic amines) is 1. The first kappa shape index (κ1) is 16.2. The lowest BCUT2D eigenvalue weighted by Gasteiger charge is -2.31. The third-order valence-electron chi connectivity index (χ3n) is 4.18. The minimum Gasteiger partial charge on any atom is -0.497 e. The van der Waals surface area contributed by atoms with Crippen LogP contribution in [0.3, 0.4) is 0 Å². The van der Waals surface area contributed by atoms with Crippen LogP contribution in [0.25, 0.3) is 0 Å². The Bertz CT molecular complexity index is 607. The number of nitrogens with zero attached hydrogens (tertiary/aromatic N) is 3. The quantitative estimate of drug-likeness (QED) is 0.813. The number of hydrogen-bond donors (Lipinski definition) is 0. The van der Waals surface area contributed by atoms with Crippen molar-refractivity contribution in [1.82, 2.24) is 15.1 Å². The Hall–Kier alpha value is -1.66. The molecule has 23 heavy (non-hydrogen) atoms. The van der Waals surface area contributed by atoms with E-state index < -0.39 is 0 Å². The molecule has 0 atom stereocenters. The van der Waals surface area contributed by atoms with Gasteiger partial charge in [-0.25, -0.2) is 0 Å². The van der Waals surface area contributed by atoms with Crippen molar-refractivity contribution in [3.05, 3.63) is 34.3 Å². The Morgan fingerprint density at radius 3 is 2.43 bits per heavy atom. The molecule has 0 N–H and O–H groups in total. The van der Waals surface area contributed by atoms with Gasteiger partial charge in [-0.05, 0) is 63.0 Å². The molecular formula is C17H23N3O2S. The molecule has 1 aromatic carbocycles. The molecule has 1 aliphatic rings. The number of benzene rings is 1. The molecule has 1 fully saturated rings. The summed E-state index contributed by atoms with van der Waals surface area (Å²) in [5.74, 6) is 2.40. The van der Waals surface area contributed by atoms with Crippen molar-refractivity contribution in [2.75, 3.05) is 26.8 Å². The molecule has 0 unspecified atom stereocenters. The molecule has 1 aliphatic heterocycles. The van der Waals surface area contributed by atoms with Crippen LogP contribution >= 0.6 is 11.3 Å². The van der Waals surface area contributed by atoms with Crippen LogP contribution in [0.15, 0.2) is 24.3 Å². The minimum absolute atomic E-state index is 0.629. The first-order chi connectivity index (χ1) is 11.2. The lowest BCUT2D eigenvalue weighted by molar-refractivity contribution is 0.136. The monoisotopic (exact) mass is 333 g/mol. The predicted molar refractivity (Wildman–Crippen MR) is 91.1 cm³/mol. The summed E-state index contributed by atoms with van der Waals surface area (Å²) in [6.45, 7) is 5.93. The summed E-state index contributed by atoms with van der Waals surface area (Å²) < 4.78 is 11.1. The van der Waals surface area contributed by atoms with E-state index in [-0.39, 0.29) is 0 Å². The first-order valence-electron chi connectivity index (χ1n) is 8.01. The van der Waals surface area contributed by atoms with Crippen molar-refractivity contribution < 1.29 is 9.47 Å². The van der Waals surface area contributed by atoms with E-state index in [1.165, 1.54) is 12.8 Å². The Morgan fingerprint density at radius 2 is 1.83 bits per heavy atom. The molecular weight excluding hydrogens is 310 g/mol.